The molecule has 10 heteroatoms. The van der Waals surface area contributed by atoms with Gasteiger partial charge in [0.05, 0.1) is 11.9 Å². The molecule has 190 valence electrons. The van der Waals surface area contributed by atoms with Crippen LogP contribution in [-0.2, 0) is 26.2 Å². The zero-order chi connectivity index (χ0) is 25.6. The summed E-state index contributed by atoms with van der Waals surface area (Å²) in [6, 6.07) is 11.2. The molecule has 2 aromatic carbocycles. The van der Waals surface area contributed by atoms with Gasteiger partial charge in [-0.15, -0.1) is 0 Å². The minimum Gasteiger partial charge on any atom is -0.352 e. The number of anilines is 1. The van der Waals surface area contributed by atoms with Crippen molar-refractivity contribution < 1.29 is 22.4 Å². The van der Waals surface area contributed by atoms with E-state index in [9.17, 15) is 22.4 Å². The molecule has 2 amide bonds. The first kappa shape index (κ1) is 26.9. The Morgan fingerprint density at radius 2 is 1.80 bits per heavy atom. The molecule has 0 bridgehead atoms. The molecule has 0 unspecified atom stereocenters. The van der Waals surface area contributed by atoms with E-state index >= 15 is 0 Å². The number of nitrogens with one attached hydrogen (secondary N) is 1. The molecule has 0 aromatic heterocycles. The van der Waals surface area contributed by atoms with Crippen LogP contribution in [0.1, 0.15) is 44.6 Å². The molecule has 0 spiro atoms. The Morgan fingerprint density at radius 3 is 2.37 bits per heavy atom. The van der Waals surface area contributed by atoms with Gasteiger partial charge in [-0.25, -0.2) is 12.8 Å². The van der Waals surface area contributed by atoms with Gasteiger partial charge in [-0.3, -0.25) is 13.9 Å². The molecule has 1 saturated carbocycles. The van der Waals surface area contributed by atoms with Crippen LogP contribution in [0.3, 0.4) is 0 Å². The van der Waals surface area contributed by atoms with Crippen molar-refractivity contribution in [3.8, 4) is 0 Å². The third-order valence-corrected chi connectivity index (χ3v) is 7.52. The Kier molecular flexibility index (Phi) is 9.13. The van der Waals surface area contributed by atoms with Crippen molar-refractivity contribution in [1.29, 1.82) is 0 Å². The predicted molar refractivity (Wildman–Crippen MR) is 135 cm³/mol. The highest BCUT2D eigenvalue weighted by Gasteiger charge is 2.33. The van der Waals surface area contributed by atoms with Crippen LogP contribution in [-0.4, -0.2) is 50.0 Å². The van der Waals surface area contributed by atoms with Gasteiger partial charge < -0.3 is 10.2 Å². The molecule has 0 heterocycles. The summed E-state index contributed by atoms with van der Waals surface area (Å²) in [6.07, 6.45) is 5.19. The number of carbonyl (C=O) groups is 2. The van der Waals surface area contributed by atoms with Crippen molar-refractivity contribution >= 4 is 39.1 Å². The van der Waals surface area contributed by atoms with E-state index in [1.54, 1.807) is 24.3 Å². The van der Waals surface area contributed by atoms with E-state index in [4.69, 9.17) is 11.6 Å². The first-order chi connectivity index (χ1) is 16.6. The van der Waals surface area contributed by atoms with Crippen molar-refractivity contribution in [3.63, 3.8) is 0 Å². The fourth-order valence-corrected chi connectivity index (χ4v) is 5.29. The summed E-state index contributed by atoms with van der Waals surface area (Å²) in [5.74, 6) is -1.45. The Morgan fingerprint density at radius 1 is 1.14 bits per heavy atom. The quantitative estimate of drug-likeness (QED) is 0.507. The lowest BCUT2D eigenvalue weighted by molar-refractivity contribution is -0.140. The number of carbonyl (C=O) groups excluding carboxylic acids is 2. The maximum Gasteiger partial charge on any atom is 0.244 e. The predicted octanol–water partition coefficient (Wildman–Crippen LogP) is 4.11. The van der Waals surface area contributed by atoms with E-state index < -0.39 is 34.3 Å². The van der Waals surface area contributed by atoms with Crippen LogP contribution in [0.4, 0.5) is 10.1 Å². The molecule has 2 aromatic rings. The number of rotatable bonds is 10. The van der Waals surface area contributed by atoms with Crippen LogP contribution in [0.15, 0.2) is 48.5 Å². The van der Waals surface area contributed by atoms with Gasteiger partial charge in [-0.2, -0.15) is 0 Å². The molecule has 0 aliphatic heterocycles. The molecule has 1 fully saturated rings. The minimum absolute atomic E-state index is 0.0377. The number of nitrogens with zero attached hydrogens (tertiary/aromatic N) is 2. The number of halogens is 2. The normalized spacial score (nSPS) is 15.0. The Hall–Kier alpha value is -2.65. The van der Waals surface area contributed by atoms with E-state index in [1.165, 1.54) is 23.1 Å². The monoisotopic (exact) mass is 523 g/mol. The van der Waals surface area contributed by atoms with Crippen molar-refractivity contribution in [2.75, 3.05) is 17.1 Å². The van der Waals surface area contributed by atoms with E-state index in [1.807, 2.05) is 6.92 Å². The molecular formula is C25H31ClFN3O4S. The van der Waals surface area contributed by atoms with Crippen molar-refractivity contribution in [2.24, 2.45) is 0 Å². The molecule has 0 radical (unpaired) electrons. The number of amides is 2. The molecule has 0 saturated heterocycles. The zero-order valence-electron chi connectivity index (χ0n) is 19.9. The third-order valence-electron chi connectivity index (χ3n) is 6.13. The first-order valence-corrected chi connectivity index (χ1v) is 13.9. The lowest BCUT2D eigenvalue weighted by Crippen LogP contribution is -2.53. The van der Waals surface area contributed by atoms with E-state index in [-0.39, 0.29) is 24.2 Å². The van der Waals surface area contributed by atoms with Gasteiger partial charge in [-0.1, -0.05) is 49.6 Å². The topological polar surface area (TPSA) is 86.8 Å². The second-order valence-corrected chi connectivity index (χ2v) is 11.2. The number of sulfonamides is 1. The average molecular weight is 524 g/mol. The molecule has 3 rings (SSSR count). The van der Waals surface area contributed by atoms with Crippen LogP contribution >= 0.6 is 11.6 Å². The van der Waals surface area contributed by atoms with Crippen LogP contribution < -0.4 is 9.62 Å². The SMILES string of the molecule is CC[C@H](C(=O)NC1CCCC1)N(Cc1ccc(Cl)cc1)C(=O)CN(c1cccc(F)c1)S(C)(=O)=O. The maximum absolute atomic E-state index is 13.8. The van der Waals surface area contributed by atoms with Gasteiger partial charge in [0.2, 0.25) is 21.8 Å². The summed E-state index contributed by atoms with van der Waals surface area (Å²) < 4.78 is 39.8. The molecule has 1 atom stereocenters. The fourth-order valence-electron chi connectivity index (χ4n) is 4.32. The highest BCUT2D eigenvalue weighted by atomic mass is 35.5. The van der Waals surface area contributed by atoms with Crippen LogP contribution in [0.2, 0.25) is 5.02 Å². The minimum atomic E-state index is -3.91. The number of hydrogen-bond donors (Lipinski definition) is 1. The largest absolute Gasteiger partial charge is 0.352 e. The summed E-state index contributed by atoms with van der Waals surface area (Å²) in [6.45, 7) is 1.33. The molecule has 7 nitrogen and oxygen atoms in total. The highest BCUT2D eigenvalue weighted by Crippen LogP contribution is 2.22. The van der Waals surface area contributed by atoms with E-state index in [2.05, 4.69) is 5.32 Å². The van der Waals surface area contributed by atoms with Gasteiger partial charge in [0.25, 0.3) is 0 Å². The van der Waals surface area contributed by atoms with Gasteiger partial charge in [0.15, 0.2) is 0 Å². The summed E-state index contributed by atoms with van der Waals surface area (Å²) in [7, 11) is -3.91. The Balaban J connectivity index is 1.91. The van der Waals surface area contributed by atoms with Crippen molar-refractivity contribution in [2.45, 2.75) is 57.7 Å². The van der Waals surface area contributed by atoms with Crippen LogP contribution in [0, 0.1) is 5.82 Å². The maximum atomic E-state index is 13.8. The second-order valence-electron chi connectivity index (χ2n) is 8.81. The van der Waals surface area contributed by atoms with Gasteiger partial charge in [0.1, 0.15) is 18.4 Å². The van der Waals surface area contributed by atoms with Crippen LogP contribution in [0.5, 0.6) is 0 Å². The molecule has 1 aliphatic carbocycles. The summed E-state index contributed by atoms with van der Waals surface area (Å²) in [5, 5.41) is 3.58. The summed E-state index contributed by atoms with van der Waals surface area (Å²) >= 11 is 6.00. The lowest BCUT2D eigenvalue weighted by Gasteiger charge is -2.33. The molecular weight excluding hydrogens is 493 g/mol. The van der Waals surface area contributed by atoms with E-state index in [0.29, 0.717) is 11.4 Å². The van der Waals surface area contributed by atoms with Crippen molar-refractivity contribution in [3.05, 3.63) is 64.9 Å². The molecule has 1 N–H and O–H groups in total. The van der Waals surface area contributed by atoms with Crippen LogP contribution in [0.25, 0.3) is 0 Å². The van der Waals surface area contributed by atoms with Gasteiger partial charge >= 0.3 is 0 Å². The lowest BCUT2D eigenvalue weighted by atomic mass is 10.1. The Bertz CT molecular complexity index is 1140. The first-order valence-electron chi connectivity index (χ1n) is 11.7. The van der Waals surface area contributed by atoms with E-state index in [0.717, 1.165) is 47.9 Å². The zero-order valence-corrected chi connectivity index (χ0v) is 21.5. The smallest absolute Gasteiger partial charge is 0.244 e. The summed E-state index contributed by atoms with van der Waals surface area (Å²) in [5.41, 5.74) is 0.780. The molecule has 35 heavy (non-hydrogen) atoms. The highest BCUT2D eigenvalue weighted by molar-refractivity contribution is 7.92. The van der Waals surface area contributed by atoms with Gasteiger partial charge in [0, 0.05) is 17.6 Å². The summed E-state index contributed by atoms with van der Waals surface area (Å²) in [4.78, 5) is 28.2. The average Bonchev–Trinajstić information content (AvgIpc) is 3.30. The molecule has 1 aliphatic rings. The third kappa shape index (κ3) is 7.41. The van der Waals surface area contributed by atoms with Crippen molar-refractivity contribution in [1.82, 2.24) is 10.2 Å². The fraction of sp³-hybridized carbons (Fsp3) is 0.440. The standard InChI is InChI=1S/C25H31ClFN3O4S/c1-3-23(25(32)28-21-8-4-5-9-21)29(16-18-11-13-19(26)14-12-18)24(31)17-30(35(2,33)34)22-10-6-7-20(27)15-22/h6-7,10-15,21,23H,3-5,8-9,16-17H2,1-2H3,(H,28,32)/t23-/m1/s1. The number of hydrogen-bond acceptors (Lipinski definition) is 4. The van der Waals surface area contributed by atoms with Gasteiger partial charge in [-0.05, 0) is 55.2 Å². The Labute approximate surface area is 211 Å². The second kappa shape index (κ2) is 11.9. The number of benzene rings is 2.